The molecule has 2 aromatic rings. The largest absolute Gasteiger partial charge is 0.481 e. The number of benzene rings is 1. The van der Waals surface area contributed by atoms with Gasteiger partial charge >= 0.3 is 5.97 Å². The van der Waals surface area contributed by atoms with E-state index in [1.54, 1.807) is 25.4 Å². The molecule has 6 nitrogen and oxygen atoms in total. The Morgan fingerprint density at radius 1 is 1.54 bits per heavy atom. The van der Waals surface area contributed by atoms with Crippen LogP contribution in [0.25, 0.3) is 10.9 Å². The fraction of sp³-hybridized carbons (Fsp3) is 0.421. The highest BCUT2D eigenvalue weighted by atomic mass is 35.5. The second kappa shape index (κ2) is 7.48. The van der Waals surface area contributed by atoms with Gasteiger partial charge in [-0.3, -0.25) is 9.78 Å². The van der Waals surface area contributed by atoms with Gasteiger partial charge in [-0.1, -0.05) is 18.5 Å². The van der Waals surface area contributed by atoms with Gasteiger partial charge in [0.25, 0.3) is 0 Å². The Hall–Kier alpha value is -2.36. The summed E-state index contributed by atoms with van der Waals surface area (Å²) in [5, 5.41) is 20.5. The minimum absolute atomic E-state index is 0.161. The van der Waals surface area contributed by atoms with E-state index in [0.717, 1.165) is 16.6 Å². The minimum atomic E-state index is -0.849. The Morgan fingerprint density at radius 3 is 2.92 bits per heavy atom. The molecule has 3 unspecified atom stereocenters. The Kier molecular flexibility index (Phi) is 5.30. The maximum atomic E-state index is 11.6. The van der Waals surface area contributed by atoms with Gasteiger partial charge in [-0.2, -0.15) is 5.26 Å². The number of carbonyl (C=O) groups is 1. The van der Waals surface area contributed by atoms with Gasteiger partial charge in [-0.25, -0.2) is 0 Å². The topological polar surface area (TPSA) is 86.5 Å². The number of aromatic nitrogens is 1. The number of nitrogens with zero attached hydrogens (tertiary/aromatic N) is 3. The predicted molar refractivity (Wildman–Crippen MR) is 99.4 cm³/mol. The number of rotatable bonds is 4. The lowest BCUT2D eigenvalue weighted by Crippen LogP contribution is -2.55. The summed E-state index contributed by atoms with van der Waals surface area (Å²) in [5.74, 6) is -1.42. The highest BCUT2D eigenvalue weighted by Crippen LogP contribution is 2.38. The van der Waals surface area contributed by atoms with Crippen molar-refractivity contribution in [3.05, 3.63) is 35.0 Å². The molecule has 1 aromatic heterocycles. The van der Waals surface area contributed by atoms with Crippen LogP contribution in [0.3, 0.4) is 0 Å². The fourth-order valence-corrected chi connectivity index (χ4v) is 4.08. The molecule has 7 heteroatoms. The maximum Gasteiger partial charge on any atom is 0.309 e. The Labute approximate surface area is 157 Å². The van der Waals surface area contributed by atoms with Crippen molar-refractivity contribution in [2.24, 2.45) is 5.92 Å². The summed E-state index contributed by atoms with van der Waals surface area (Å²) in [6.07, 6.45) is 2.24. The first-order chi connectivity index (χ1) is 12.5. The normalized spacial score (nSPS) is 23.0. The second-order valence-corrected chi connectivity index (χ2v) is 6.83. The molecule has 1 aliphatic rings. The number of piperidine rings is 1. The van der Waals surface area contributed by atoms with Gasteiger partial charge in [0.15, 0.2) is 0 Å². The number of aliphatic carboxylic acids is 1. The Balaban J connectivity index is 2.17. The van der Waals surface area contributed by atoms with Crippen molar-refractivity contribution in [3.8, 4) is 6.07 Å². The molecule has 3 atom stereocenters. The van der Waals surface area contributed by atoms with E-state index in [0.29, 0.717) is 30.0 Å². The minimum Gasteiger partial charge on any atom is -0.481 e. The molecule has 136 valence electrons. The zero-order valence-electron chi connectivity index (χ0n) is 14.6. The molecule has 0 radical (unpaired) electrons. The maximum absolute atomic E-state index is 11.6. The van der Waals surface area contributed by atoms with E-state index in [4.69, 9.17) is 16.3 Å². The molecule has 0 saturated carbocycles. The first kappa shape index (κ1) is 18.4. The van der Waals surface area contributed by atoms with Gasteiger partial charge in [0.1, 0.15) is 6.07 Å². The molecular weight excluding hydrogens is 354 g/mol. The third-order valence-corrected chi connectivity index (χ3v) is 5.31. The third kappa shape index (κ3) is 3.09. The quantitative estimate of drug-likeness (QED) is 0.883. The first-order valence-corrected chi connectivity index (χ1v) is 8.90. The number of pyridine rings is 1. The zero-order valence-corrected chi connectivity index (χ0v) is 15.4. The number of carboxylic acids is 1. The summed E-state index contributed by atoms with van der Waals surface area (Å²) < 4.78 is 5.58. The van der Waals surface area contributed by atoms with Crippen LogP contribution in [0, 0.1) is 17.2 Å². The van der Waals surface area contributed by atoms with Gasteiger partial charge in [0.2, 0.25) is 0 Å². The third-order valence-electron chi connectivity index (χ3n) is 5.07. The number of fused-ring (bicyclic) bond motifs is 1. The Bertz CT molecular complexity index is 880. The molecule has 0 bridgehead atoms. The lowest BCUT2D eigenvalue weighted by molar-refractivity contribution is -0.148. The highest BCUT2D eigenvalue weighted by Gasteiger charge is 2.42. The molecule has 1 aromatic carbocycles. The van der Waals surface area contributed by atoms with Gasteiger partial charge in [0.05, 0.1) is 34.8 Å². The number of carboxylic acid groups (broad SMARTS) is 1. The summed E-state index contributed by atoms with van der Waals surface area (Å²) in [6, 6.07) is 7.44. The van der Waals surface area contributed by atoms with Crippen molar-refractivity contribution in [1.29, 1.82) is 5.26 Å². The lowest BCUT2D eigenvalue weighted by atomic mass is 9.85. The number of hydrogen-bond donors (Lipinski definition) is 1. The number of hydrogen-bond acceptors (Lipinski definition) is 5. The molecule has 1 N–H and O–H groups in total. The molecule has 1 aliphatic heterocycles. The van der Waals surface area contributed by atoms with E-state index < -0.39 is 18.0 Å². The summed E-state index contributed by atoms with van der Waals surface area (Å²) >= 11 is 6.18. The number of ether oxygens (including phenoxy) is 1. The lowest BCUT2D eigenvalue weighted by Gasteiger charge is -2.45. The number of methoxy groups -OCH3 is 1. The van der Waals surface area contributed by atoms with Crippen LogP contribution < -0.4 is 4.90 Å². The van der Waals surface area contributed by atoms with Crippen LogP contribution in [-0.2, 0) is 9.53 Å². The summed E-state index contributed by atoms with van der Waals surface area (Å²) in [6.45, 7) is 2.52. The molecule has 0 amide bonds. The standard InChI is InChI=1S/C19H20ClN3O3/c1-3-16-18(26-2)13(19(24)25)6-7-23(16)17-11(9-21)10-22-15-5-4-12(20)8-14(15)17/h4-5,8,10,13,16,18H,3,6-7H2,1-2H3,(H,24,25). The van der Waals surface area contributed by atoms with Crippen molar-refractivity contribution in [2.45, 2.75) is 31.9 Å². The van der Waals surface area contributed by atoms with Crippen LogP contribution in [-0.4, -0.2) is 41.9 Å². The molecule has 3 rings (SSSR count). The van der Waals surface area contributed by atoms with E-state index in [9.17, 15) is 15.2 Å². The van der Waals surface area contributed by atoms with Gasteiger partial charge in [-0.05, 0) is 31.0 Å². The molecule has 26 heavy (non-hydrogen) atoms. The molecule has 1 saturated heterocycles. The average Bonchev–Trinajstić information content (AvgIpc) is 2.65. The Morgan fingerprint density at radius 2 is 2.31 bits per heavy atom. The van der Waals surface area contributed by atoms with E-state index in [-0.39, 0.29) is 6.04 Å². The zero-order chi connectivity index (χ0) is 18.8. The van der Waals surface area contributed by atoms with Crippen LogP contribution in [0.1, 0.15) is 25.3 Å². The van der Waals surface area contributed by atoms with Crippen LogP contribution in [0.4, 0.5) is 5.69 Å². The average molecular weight is 374 g/mol. The summed E-state index contributed by atoms with van der Waals surface area (Å²) in [4.78, 5) is 18.1. The van der Waals surface area contributed by atoms with Crippen molar-refractivity contribution >= 4 is 34.2 Å². The van der Waals surface area contributed by atoms with Crippen molar-refractivity contribution in [1.82, 2.24) is 4.98 Å². The fourth-order valence-electron chi connectivity index (χ4n) is 3.91. The summed E-state index contributed by atoms with van der Waals surface area (Å²) in [5.41, 5.74) is 1.94. The number of nitriles is 1. The molecule has 2 heterocycles. The molecule has 0 spiro atoms. The van der Waals surface area contributed by atoms with Crippen molar-refractivity contribution < 1.29 is 14.6 Å². The number of anilines is 1. The first-order valence-electron chi connectivity index (χ1n) is 8.52. The monoisotopic (exact) mass is 373 g/mol. The predicted octanol–water partition coefficient (Wildman–Crippen LogP) is 3.46. The van der Waals surface area contributed by atoms with Crippen LogP contribution >= 0.6 is 11.6 Å². The van der Waals surface area contributed by atoms with Gasteiger partial charge in [-0.15, -0.1) is 0 Å². The van der Waals surface area contributed by atoms with Crippen molar-refractivity contribution in [3.63, 3.8) is 0 Å². The molecular formula is C19H20ClN3O3. The highest BCUT2D eigenvalue weighted by molar-refractivity contribution is 6.31. The van der Waals surface area contributed by atoms with E-state index in [1.807, 2.05) is 13.0 Å². The van der Waals surface area contributed by atoms with Crippen LogP contribution in [0.5, 0.6) is 0 Å². The van der Waals surface area contributed by atoms with E-state index >= 15 is 0 Å². The second-order valence-electron chi connectivity index (χ2n) is 6.40. The van der Waals surface area contributed by atoms with E-state index in [2.05, 4.69) is 16.0 Å². The SMILES string of the molecule is CCC1C(OC)C(C(=O)O)CCN1c1c(C#N)cnc2ccc(Cl)cc12. The summed E-state index contributed by atoms with van der Waals surface area (Å²) in [7, 11) is 1.54. The van der Waals surface area contributed by atoms with Crippen LogP contribution in [0.2, 0.25) is 5.02 Å². The van der Waals surface area contributed by atoms with Gasteiger partial charge in [0, 0.05) is 30.3 Å². The molecule has 1 fully saturated rings. The number of halogens is 1. The van der Waals surface area contributed by atoms with Crippen LogP contribution in [0.15, 0.2) is 24.4 Å². The van der Waals surface area contributed by atoms with Crippen molar-refractivity contribution in [2.75, 3.05) is 18.6 Å². The smallest absolute Gasteiger partial charge is 0.309 e. The molecule has 0 aliphatic carbocycles. The van der Waals surface area contributed by atoms with E-state index in [1.165, 1.54) is 0 Å². The van der Waals surface area contributed by atoms with Gasteiger partial charge < -0.3 is 14.7 Å².